The SMILES string of the molecule is CO[C@@H]1c2c(COC(N)=O)c3c4c(c(C)c(O)c3n2C[C@@H]1N)=NCCN=4. The van der Waals surface area contributed by atoms with E-state index in [0.29, 0.717) is 47.0 Å². The van der Waals surface area contributed by atoms with E-state index in [1.165, 1.54) is 0 Å². The molecule has 0 unspecified atom stereocenters. The van der Waals surface area contributed by atoms with Gasteiger partial charge in [-0.15, -0.1) is 0 Å². The maximum atomic E-state index is 11.2. The molecule has 0 fully saturated rings. The normalized spacial score (nSPS) is 21.0. The van der Waals surface area contributed by atoms with E-state index in [0.717, 1.165) is 11.1 Å². The minimum atomic E-state index is -0.874. The van der Waals surface area contributed by atoms with Gasteiger partial charge in [-0.3, -0.25) is 9.98 Å². The smallest absolute Gasteiger partial charge is 0.404 e. The van der Waals surface area contributed by atoms with Gasteiger partial charge in [-0.25, -0.2) is 4.79 Å². The summed E-state index contributed by atoms with van der Waals surface area (Å²) in [5, 5.41) is 13.0. The summed E-state index contributed by atoms with van der Waals surface area (Å²) in [6, 6.07) is -0.274. The fraction of sp³-hybridized carbons (Fsp3) is 0.471. The lowest BCUT2D eigenvalue weighted by Crippen LogP contribution is -2.34. The molecule has 2 aliphatic heterocycles. The average molecular weight is 359 g/mol. The van der Waals surface area contributed by atoms with Crippen LogP contribution in [-0.4, -0.2) is 42.0 Å². The zero-order valence-corrected chi connectivity index (χ0v) is 14.7. The number of rotatable bonds is 3. The number of phenolic OH excluding ortho intramolecular Hbond substituents is 1. The van der Waals surface area contributed by atoms with Crippen molar-refractivity contribution in [3.8, 4) is 5.75 Å². The molecule has 0 saturated carbocycles. The Morgan fingerprint density at radius 2 is 2.04 bits per heavy atom. The van der Waals surface area contributed by atoms with Gasteiger partial charge in [-0.05, 0) is 6.92 Å². The largest absolute Gasteiger partial charge is 0.505 e. The Morgan fingerprint density at radius 3 is 2.69 bits per heavy atom. The molecule has 1 amide bonds. The third-order valence-corrected chi connectivity index (χ3v) is 5.11. The van der Waals surface area contributed by atoms with E-state index in [-0.39, 0.29) is 24.5 Å². The van der Waals surface area contributed by atoms with Gasteiger partial charge in [-0.1, -0.05) is 0 Å². The Morgan fingerprint density at radius 1 is 1.35 bits per heavy atom. The van der Waals surface area contributed by atoms with Gasteiger partial charge in [0, 0.05) is 30.2 Å². The van der Waals surface area contributed by atoms with Crippen LogP contribution in [0.2, 0.25) is 0 Å². The number of primary amides is 1. The standard InChI is InChI=1S/C17H21N5O4/c1-7-11-12(21-4-3-20-11)10-8(6-26-17(19)24)13-16(25-2)9(18)5-22(13)14(10)15(7)23/h9,16,23H,3-6,18H2,1-2H3,(H2,19,24)/t9-,16-/m0/s1. The molecule has 0 aliphatic carbocycles. The summed E-state index contributed by atoms with van der Waals surface area (Å²) in [6.45, 7) is 3.39. The zero-order chi connectivity index (χ0) is 18.6. The van der Waals surface area contributed by atoms with Crippen molar-refractivity contribution in [1.82, 2.24) is 4.57 Å². The Hall–Kier alpha value is -2.65. The Bertz CT molecular complexity index is 1040. The molecule has 4 rings (SSSR count). The molecule has 1 aromatic heterocycles. The summed E-state index contributed by atoms with van der Waals surface area (Å²) in [6.07, 6.45) is -1.26. The number of phenols is 1. The highest BCUT2D eigenvalue weighted by molar-refractivity contribution is 5.91. The van der Waals surface area contributed by atoms with Crippen molar-refractivity contribution in [3.63, 3.8) is 0 Å². The first kappa shape index (κ1) is 16.8. The Labute approximate surface area is 148 Å². The molecule has 3 heterocycles. The molecular formula is C17H21N5O4. The third-order valence-electron chi connectivity index (χ3n) is 5.11. The number of fused-ring (bicyclic) bond motifs is 5. The van der Waals surface area contributed by atoms with Gasteiger partial charge in [0.1, 0.15) is 18.5 Å². The highest BCUT2D eigenvalue weighted by atomic mass is 16.5. The number of nitrogens with zero attached hydrogens (tertiary/aromatic N) is 3. The summed E-state index contributed by atoms with van der Waals surface area (Å²) in [7, 11) is 1.58. The van der Waals surface area contributed by atoms with Crippen LogP contribution in [0, 0.1) is 6.92 Å². The van der Waals surface area contributed by atoms with Crippen LogP contribution >= 0.6 is 0 Å². The van der Waals surface area contributed by atoms with Crippen molar-refractivity contribution >= 4 is 17.0 Å². The fourth-order valence-corrected chi connectivity index (χ4v) is 4.05. The summed E-state index contributed by atoms with van der Waals surface area (Å²) in [4.78, 5) is 20.4. The summed E-state index contributed by atoms with van der Waals surface area (Å²) in [5.74, 6) is 0.134. The first-order chi connectivity index (χ1) is 12.5. The molecule has 0 bridgehead atoms. The van der Waals surface area contributed by atoms with Crippen LogP contribution in [0.3, 0.4) is 0 Å². The predicted molar refractivity (Wildman–Crippen MR) is 92.5 cm³/mol. The van der Waals surface area contributed by atoms with Gasteiger partial charge < -0.3 is 30.6 Å². The number of ether oxygens (including phenoxy) is 2. The zero-order valence-electron chi connectivity index (χ0n) is 14.7. The van der Waals surface area contributed by atoms with E-state index in [1.54, 1.807) is 7.11 Å². The lowest BCUT2D eigenvalue weighted by atomic mass is 10.0. The Balaban J connectivity index is 2.14. The molecule has 1 aromatic carbocycles. The van der Waals surface area contributed by atoms with Crippen molar-refractivity contribution in [3.05, 3.63) is 27.5 Å². The van der Waals surface area contributed by atoms with Gasteiger partial charge in [0.2, 0.25) is 0 Å². The number of carbonyl (C=O) groups excluding carboxylic acids is 1. The minimum absolute atomic E-state index is 0.0504. The van der Waals surface area contributed by atoms with E-state index in [4.69, 9.17) is 20.9 Å². The van der Waals surface area contributed by atoms with Crippen molar-refractivity contribution in [1.29, 1.82) is 0 Å². The first-order valence-corrected chi connectivity index (χ1v) is 8.41. The highest BCUT2D eigenvalue weighted by Gasteiger charge is 2.37. The predicted octanol–water partition coefficient (Wildman–Crippen LogP) is -0.468. The molecule has 2 atom stereocenters. The molecule has 0 radical (unpaired) electrons. The molecule has 26 heavy (non-hydrogen) atoms. The monoisotopic (exact) mass is 359 g/mol. The molecule has 9 nitrogen and oxygen atoms in total. The fourth-order valence-electron chi connectivity index (χ4n) is 4.05. The van der Waals surface area contributed by atoms with E-state index >= 15 is 0 Å². The Kier molecular flexibility index (Phi) is 3.85. The number of benzene rings is 1. The van der Waals surface area contributed by atoms with E-state index in [1.807, 2.05) is 11.5 Å². The second-order valence-electron chi connectivity index (χ2n) is 6.56. The number of aromatic nitrogens is 1. The average Bonchev–Trinajstić information content (AvgIpc) is 3.10. The molecule has 138 valence electrons. The molecule has 0 saturated heterocycles. The maximum Gasteiger partial charge on any atom is 0.404 e. The molecule has 2 aromatic rings. The van der Waals surface area contributed by atoms with E-state index in [9.17, 15) is 9.90 Å². The van der Waals surface area contributed by atoms with Crippen molar-refractivity contribution < 1.29 is 19.4 Å². The minimum Gasteiger partial charge on any atom is -0.505 e. The van der Waals surface area contributed by atoms with Gasteiger partial charge in [0.25, 0.3) is 0 Å². The van der Waals surface area contributed by atoms with Gasteiger partial charge in [-0.2, -0.15) is 0 Å². The van der Waals surface area contributed by atoms with Crippen LogP contribution in [0.4, 0.5) is 4.79 Å². The lowest BCUT2D eigenvalue weighted by molar-refractivity contribution is 0.0878. The molecule has 0 spiro atoms. The summed E-state index contributed by atoms with van der Waals surface area (Å²) < 4.78 is 12.6. The number of amides is 1. The van der Waals surface area contributed by atoms with Crippen molar-refractivity contribution in [2.75, 3.05) is 20.2 Å². The number of hydrogen-bond donors (Lipinski definition) is 3. The highest BCUT2D eigenvalue weighted by Crippen LogP contribution is 2.40. The number of carbonyl (C=O) groups is 1. The summed E-state index contributed by atoms with van der Waals surface area (Å²) >= 11 is 0. The van der Waals surface area contributed by atoms with E-state index < -0.39 is 6.09 Å². The number of hydrogen-bond acceptors (Lipinski definition) is 7. The molecule has 2 aliphatic rings. The maximum absolute atomic E-state index is 11.2. The third kappa shape index (κ3) is 2.20. The number of nitrogens with two attached hydrogens (primary N) is 2. The van der Waals surface area contributed by atoms with Crippen molar-refractivity contribution in [2.24, 2.45) is 21.5 Å². The van der Waals surface area contributed by atoms with Crippen LogP contribution < -0.4 is 22.2 Å². The lowest BCUT2D eigenvalue weighted by Gasteiger charge is -2.15. The molecular weight excluding hydrogens is 338 g/mol. The molecule has 9 heteroatoms. The van der Waals surface area contributed by atoms with E-state index in [2.05, 4.69) is 9.98 Å². The quantitative estimate of drug-likeness (QED) is 0.680. The van der Waals surface area contributed by atoms with Gasteiger partial charge >= 0.3 is 6.09 Å². The second kappa shape index (κ2) is 5.96. The van der Waals surface area contributed by atoms with Crippen LogP contribution in [0.5, 0.6) is 5.75 Å². The van der Waals surface area contributed by atoms with Crippen LogP contribution in [0.25, 0.3) is 10.9 Å². The summed E-state index contributed by atoms with van der Waals surface area (Å²) in [5.41, 5.74) is 14.2. The number of methoxy groups -OCH3 is 1. The topological polar surface area (TPSA) is 137 Å². The van der Waals surface area contributed by atoms with Gasteiger partial charge in [0.15, 0.2) is 0 Å². The van der Waals surface area contributed by atoms with Crippen LogP contribution in [0.1, 0.15) is 22.9 Å². The first-order valence-electron chi connectivity index (χ1n) is 8.41. The molecule has 5 N–H and O–H groups in total. The van der Waals surface area contributed by atoms with Crippen LogP contribution in [-0.2, 0) is 22.6 Å². The van der Waals surface area contributed by atoms with Crippen LogP contribution in [0.15, 0.2) is 9.98 Å². The number of aromatic hydroxyl groups is 1. The second-order valence-corrected chi connectivity index (χ2v) is 6.56. The van der Waals surface area contributed by atoms with Crippen molar-refractivity contribution in [2.45, 2.75) is 32.2 Å². The van der Waals surface area contributed by atoms with Gasteiger partial charge in [0.05, 0.1) is 41.1 Å².